The van der Waals surface area contributed by atoms with Crippen LogP contribution in [0.2, 0.25) is 0 Å². The molecule has 73 valence electrons. The van der Waals surface area contributed by atoms with Crippen molar-refractivity contribution < 1.29 is 0 Å². The summed E-state index contributed by atoms with van der Waals surface area (Å²) >= 11 is 0. The first-order valence-electron chi connectivity index (χ1n) is 5.18. The molecule has 0 spiro atoms. The fourth-order valence-electron chi connectivity index (χ4n) is 2.33. The molecule has 4 rings (SSSR count). The zero-order valence-corrected chi connectivity index (χ0v) is 8.91. The molecule has 1 aromatic heterocycles. The van der Waals surface area contributed by atoms with Gasteiger partial charge in [0.2, 0.25) is 0 Å². The number of fused-ring (bicyclic) bond motifs is 2. The minimum absolute atomic E-state index is 1.14. The van der Waals surface area contributed by atoms with E-state index < -0.39 is 0 Å². The number of aryl methyl sites for hydroxylation is 2. The van der Waals surface area contributed by atoms with Crippen molar-refractivity contribution in [1.29, 1.82) is 0 Å². The Balaban J connectivity index is 2.13. The maximum absolute atomic E-state index is 4.36. The summed E-state index contributed by atoms with van der Waals surface area (Å²) in [6, 6.07) is 10.5. The molecular weight excluding hydrogens is 182 g/mol. The highest BCUT2D eigenvalue weighted by molar-refractivity contribution is 5.71. The van der Waals surface area contributed by atoms with Crippen LogP contribution in [-0.2, 0) is 0 Å². The van der Waals surface area contributed by atoms with Gasteiger partial charge >= 0.3 is 0 Å². The molecule has 0 saturated heterocycles. The van der Waals surface area contributed by atoms with Crippen LogP contribution in [0, 0.1) is 19.8 Å². The van der Waals surface area contributed by atoms with Crippen LogP contribution in [0.5, 0.6) is 0 Å². The Morgan fingerprint density at radius 3 is 2.33 bits per heavy atom. The number of pyridine rings is 1. The Labute approximate surface area is 89.8 Å². The van der Waals surface area contributed by atoms with Crippen molar-refractivity contribution in [3.8, 4) is 0 Å². The monoisotopic (exact) mass is 194 g/mol. The second kappa shape index (κ2) is 2.93. The molecule has 1 nitrogen and oxygen atoms in total. The van der Waals surface area contributed by atoms with E-state index in [4.69, 9.17) is 0 Å². The molecule has 0 unspecified atom stereocenters. The van der Waals surface area contributed by atoms with Gasteiger partial charge in [0.05, 0.1) is 5.92 Å². The predicted molar refractivity (Wildman–Crippen MR) is 60.7 cm³/mol. The van der Waals surface area contributed by atoms with Gasteiger partial charge in [-0.1, -0.05) is 30.3 Å². The molecule has 1 aliphatic carbocycles. The molecule has 0 saturated carbocycles. The first-order chi connectivity index (χ1) is 7.29. The van der Waals surface area contributed by atoms with Crippen LogP contribution in [-0.4, -0.2) is 4.98 Å². The second-order valence-electron chi connectivity index (χ2n) is 4.00. The normalized spacial score (nSPS) is 13.7. The van der Waals surface area contributed by atoms with E-state index in [2.05, 4.69) is 49.2 Å². The Morgan fingerprint density at radius 2 is 1.73 bits per heavy atom. The largest absolute Gasteiger partial charge is 0.261 e. The first-order valence-corrected chi connectivity index (χ1v) is 5.18. The highest BCUT2D eigenvalue weighted by Crippen LogP contribution is 2.44. The summed E-state index contributed by atoms with van der Waals surface area (Å²) in [6.07, 6.45) is 1.99. The summed E-state index contributed by atoms with van der Waals surface area (Å²) in [5, 5.41) is 0. The van der Waals surface area contributed by atoms with E-state index in [1.165, 1.54) is 28.2 Å². The van der Waals surface area contributed by atoms with Crippen molar-refractivity contribution in [3.05, 3.63) is 70.4 Å². The smallest absolute Gasteiger partial charge is 0.0669 e. The Kier molecular flexibility index (Phi) is 1.69. The molecule has 1 aliphatic heterocycles. The topological polar surface area (TPSA) is 12.9 Å². The number of benzene rings is 1. The van der Waals surface area contributed by atoms with Crippen LogP contribution in [0.4, 0.5) is 0 Å². The molecule has 2 aliphatic rings. The lowest BCUT2D eigenvalue weighted by atomic mass is 9.72. The summed E-state index contributed by atoms with van der Waals surface area (Å²) in [5.74, 6) is 1.38. The van der Waals surface area contributed by atoms with Crippen LogP contribution in [0.25, 0.3) is 0 Å². The maximum Gasteiger partial charge on any atom is 0.0669 e. The second-order valence-corrected chi connectivity index (χ2v) is 4.00. The van der Waals surface area contributed by atoms with E-state index in [-0.39, 0.29) is 0 Å². The van der Waals surface area contributed by atoms with Crippen LogP contribution in [0.3, 0.4) is 0 Å². The van der Waals surface area contributed by atoms with E-state index in [1.54, 1.807) is 0 Å². The van der Waals surface area contributed by atoms with Crippen LogP contribution in [0.1, 0.15) is 27.9 Å². The molecule has 2 aromatic rings. The molecule has 0 fully saturated rings. The van der Waals surface area contributed by atoms with Gasteiger partial charge in [0.25, 0.3) is 0 Å². The average Bonchev–Trinajstić information content (AvgIpc) is 2.27. The lowest BCUT2D eigenvalue weighted by Gasteiger charge is -2.32. The zero-order chi connectivity index (χ0) is 10.4. The fourth-order valence-corrected chi connectivity index (χ4v) is 2.33. The lowest BCUT2D eigenvalue weighted by molar-refractivity contribution is 0.975. The molecule has 1 aromatic carbocycles. The molecule has 2 bridgehead atoms. The highest BCUT2D eigenvalue weighted by atomic mass is 14.7. The summed E-state index contributed by atoms with van der Waals surface area (Å²) in [6.45, 7) is 4.25. The molecule has 0 amide bonds. The molecule has 1 heteroatoms. The standard InChI is InChI=1S/C14H12N/c1-9-12-8-15-10(2)13(9)14(12)11-6-4-3-5-7-11/h3-8H,1-2H3. The van der Waals surface area contributed by atoms with Crippen molar-refractivity contribution in [2.24, 2.45) is 0 Å². The summed E-state index contributed by atoms with van der Waals surface area (Å²) < 4.78 is 0. The van der Waals surface area contributed by atoms with Crippen LogP contribution < -0.4 is 0 Å². The molecule has 1 radical (unpaired) electrons. The number of hydrogen-bond donors (Lipinski definition) is 0. The Morgan fingerprint density at radius 1 is 1.00 bits per heavy atom. The van der Waals surface area contributed by atoms with Crippen molar-refractivity contribution in [3.63, 3.8) is 0 Å². The minimum Gasteiger partial charge on any atom is -0.261 e. The molecule has 15 heavy (non-hydrogen) atoms. The first kappa shape index (κ1) is 8.66. The van der Waals surface area contributed by atoms with Crippen molar-refractivity contribution in [1.82, 2.24) is 4.98 Å². The van der Waals surface area contributed by atoms with Gasteiger partial charge in [0.1, 0.15) is 0 Å². The minimum atomic E-state index is 1.14. The Hall–Kier alpha value is -1.63. The summed E-state index contributed by atoms with van der Waals surface area (Å²) in [4.78, 5) is 4.36. The summed E-state index contributed by atoms with van der Waals surface area (Å²) in [7, 11) is 0. The summed E-state index contributed by atoms with van der Waals surface area (Å²) in [5.41, 5.74) is 6.49. The fraction of sp³-hybridized carbons (Fsp3) is 0.143. The number of hydrogen-bond acceptors (Lipinski definition) is 1. The van der Waals surface area contributed by atoms with Gasteiger partial charge in [0, 0.05) is 11.9 Å². The molecule has 0 atom stereocenters. The van der Waals surface area contributed by atoms with Crippen molar-refractivity contribution in [2.45, 2.75) is 13.8 Å². The van der Waals surface area contributed by atoms with Gasteiger partial charge in [-0.15, -0.1) is 0 Å². The van der Waals surface area contributed by atoms with Crippen LogP contribution >= 0.6 is 0 Å². The Bertz CT molecular complexity index is 508. The van der Waals surface area contributed by atoms with Crippen molar-refractivity contribution in [2.75, 3.05) is 0 Å². The lowest BCUT2D eigenvalue weighted by Crippen LogP contribution is -2.21. The number of aromatic nitrogens is 1. The molecule has 0 N–H and O–H groups in total. The van der Waals surface area contributed by atoms with Crippen LogP contribution in [0.15, 0.2) is 36.5 Å². The third kappa shape index (κ3) is 1.06. The SMILES string of the molecule is Cc1ncc2c(C)c1[C]2c1ccccc1. The van der Waals surface area contributed by atoms with E-state index in [0.717, 1.165) is 5.69 Å². The van der Waals surface area contributed by atoms with Gasteiger partial charge < -0.3 is 0 Å². The van der Waals surface area contributed by atoms with Crippen molar-refractivity contribution >= 4 is 0 Å². The average molecular weight is 194 g/mol. The molecule has 2 heterocycles. The van der Waals surface area contributed by atoms with E-state index in [1.807, 2.05) is 6.20 Å². The zero-order valence-electron chi connectivity index (χ0n) is 8.91. The predicted octanol–water partition coefficient (Wildman–Crippen LogP) is 3.03. The van der Waals surface area contributed by atoms with Gasteiger partial charge in [-0.05, 0) is 36.1 Å². The highest BCUT2D eigenvalue weighted by Gasteiger charge is 2.33. The van der Waals surface area contributed by atoms with Gasteiger partial charge in [-0.2, -0.15) is 0 Å². The number of rotatable bonds is 1. The number of nitrogens with zero attached hydrogens (tertiary/aromatic N) is 1. The maximum atomic E-state index is 4.36. The van der Waals surface area contributed by atoms with E-state index >= 15 is 0 Å². The van der Waals surface area contributed by atoms with Gasteiger partial charge in [-0.3, -0.25) is 4.98 Å². The third-order valence-electron chi connectivity index (χ3n) is 3.11. The van der Waals surface area contributed by atoms with Gasteiger partial charge in [0.15, 0.2) is 0 Å². The van der Waals surface area contributed by atoms with E-state index in [9.17, 15) is 0 Å². The third-order valence-corrected chi connectivity index (χ3v) is 3.11. The van der Waals surface area contributed by atoms with Gasteiger partial charge in [-0.25, -0.2) is 0 Å². The van der Waals surface area contributed by atoms with E-state index in [0.29, 0.717) is 0 Å². The quantitative estimate of drug-likeness (QED) is 0.580. The molecular formula is C14H12N.